The number of nitrogens with two attached hydrogens (primary N) is 1. The Morgan fingerprint density at radius 3 is 2.65 bits per heavy atom. The Labute approximate surface area is 115 Å². The minimum absolute atomic E-state index is 0.0585. The molecule has 3 rings (SSSR count). The molecule has 100 valence electrons. The van der Waals surface area contributed by atoms with Crippen LogP contribution in [0.3, 0.4) is 0 Å². The van der Waals surface area contributed by atoms with Gasteiger partial charge in [-0.1, -0.05) is 18.2 Å². The molecule has 2 N–H and O–H groups in total. The van der Waals surface area contributed by atoms with E-state index in [1.165, 1.54) is 12.3 Å². The van der Waals surface area contributed by atoms with E-state index in [1.54, 1.807) is 12.1 Å². The molecule has 0 aliphatic carbocycles. The zero-order chi connectivity index (χ0) is 13.9. The Morgan fingerprint density at radius 2 is 1.85 bits per heavy atom. The second-order valence-corrected chi connectivity index (χ2v) is 4.22. The van der Waals surface area contributed by atoms with E-state index < -0.39 is 5.82 Å². The fourth-order valence-electron chi connectivity index (χ4n) is 1.93. The van der Waals surface area contributed by atoms with E-state index in [-0.39, 0.29) is 6.54 Å². The topological polar surface area (TPSA) is 61.0 Å². The molecule has 0 amide bonds. The summed E-state index contributed by atoms with van der Waals surface area (Å²) in [5, 5.41) is 0. The summed E-state index contributed by atoms with van der Waals surface area (Å²) in [7, 11) is 0. The molecule has 20 heavy (non-hydrogen) atoms. The summed E-state index contributed by atoms with van der Waals surface area (Å²) < 4.78 is 19.2. The van der Waals surface area contributed by atoms with E-state index in [2.05, 4.69) is 9.97 Å². The first kappa shape index (κ1) is 12.5. The number of rotatable bonds is 3. The zero-order valence-corrected chi connectivity index (χ0v) is 10.6. The first-order valence-electron chi connectivity index (χ1n) is 6.15. The average molecular weight is 269 g/mol. The number of hydrogen-bond donors (Lipinski definition) is 1. The SMILES string of the molecule is NCc1c(F)cccc1Oc1cnc2ccccc2n1. The second-order valence-electron chi connectivity index (χ2n) is 4.22. The van der Waals surface area contributed by atoms with Gasteiger partial charge in [0.2, 0.25) is 5.88 Å². The lowest BCUT2D eigenvalue weighted by atomic mass is 10.2. The maximum absolute atomic E-state index is 13.6. The number of aromatic nitrogens is 2. The van der Waals surface area contributed by atoms with Crippen molar-refractivity contribution in [1.29, 1.82) is 0 Å². The van der Waals surface area contributed by atoms with Gasteiger partial charge < -0.3 is 10.5 Å². The molecular weight excluding hydrogens is 257 g/mol. The van der Waals surface area contributed by atoms with E-state index in [4.69, 9.17) is 10.5 Å². The fourth-order valence-corrected chi connectivity index (χ4v) is 1.93. The molecule has 0 aliphatic heterocycles. The molecule has 1 heterocycles. The van der Waals surface area contributed by atoms with Crippen molar-refractivity contribution in [2.45, 2.75) is 6.54 Å². The van der Waals surface area contributed by atoms with Gasteiger partial charge >= 0.3 is 0 Å². The lowest BCUT2D eigenvalue weighted by molar-refractivity contribution is 0.450. The number of ether oxygens (including phenoxy) is 1. The number of fused-ring (bicyclic) bond motifs is 1. The van der Waals surface area contributed by atoms with E-state index in [0.29, 0.717) is 17.2 Å². The summed E-state index contributed by atoms with van der Waals surface area (Å²) >= 11 is 0. The van der Waals surface area contributed by atoms with Crippen molar-refractivity contribution in [1.82, 2.24) is 9.97 Å². The van der Waals surface area contributed by atoms with Crippen LogP contribution < -0.4 is 10.5 Å². The predicted molar refractivity (Wildman–Crippen MR) is 73.9 cm³/mol. The molecule has 0 saturated carbocycles. The highest BCUT2D eigenvalue weighted by Crippen LogP contribution is 2.26. The van der Waals surface area contributed by atoms with Crippen LogP contribution in [0.15, 0.2) is 48.7 Å². The predicted octanol–water partition coefficient (Wildman–Crippen LogP) is 3.02. The highest BCUT2D eigenvalue weighted by atomic mass is 19.1. The van der Waals surface area contributed by atoms with Gasteiger partial charge in [0, 0.05) is 12.1 Å². The van der Waals surface area contributed by atoms with E-state index in [0.717, 1.165) is 11.0 Å². The van der Waals surface area contributed by atoms with Crippen molar-refractivity contribution in [3.8, 4) is 11.6 Å². The number of para-hydroxylation sites is 2. The third-order valence-electron chi connectivity index (χ3n) is 2.92. The molecule has 3 aromatic rings. The van der Waals surface area contributed by atoms with Gasteiger partial charge in [-0.05, 0) is 24.3 Å². The van der Waals surface area contributed by atoms with Crippen LogP contribution in [0.4, 0.5) is 4.39 Å². The molecule has 0 unspecified atom stereocenters. The summed E-state index contributed by atoms with van der Waals surface area (Å²) in [5.74, 6) is 0.278. The third kappa shape index (κ3) is 2.31. The van der Waals surface area contributed by atoms with Crippen molar-refractivity contribution in [3.05, 3.63) is 60.0 Å². The first-order chi connectivity index (χ1) is 9.78. The number of benzene rings is 2. The molecule has 0 fully saturated rings. The Bertz CT molecular complexity index is 761. The number of hydrogen-bond acceptors (Lipinski definition) is 4. The van der Waals surface area contributed by atoms with Crippen LogP contribution in [-0.2, 0) is 6.54 Å². The van der Waals surface area contributed by atoms with E-state index in [1.807, 2.05) is 24.3 Å². The van der Waals surface area contributed by atoms with Crippen LogP contribution in [0, 0.1) is 5.82 Å². The first-order valence-corrected chi connectivity index (χ1v) is 6.15. The molecule has 0 bridgehead atoms. The minimum Gasteiger partial charge on any atom is -0.437 e. The monoisotopic (exact) mass is 269 g/mol. The van der Waals surface area contributed by atoms with Crippen LogP contribution in [0.2, 0.25) is 0 Å². The smallest absolute Gasteiger partial charge is 0.238 e. The molecule has 5 heteroatoms. The standard InChI is InChI=1S/C15H12FN3O/c16-11-4-3-7-14(10(11)8-17)20-15-9-18-12-5-1-2-6-13(12)19-15/h1-7,9H,8,17H2. The molecule has 1 aromatic heterocycles. The van der Waals surface area contributed by atoms with Crippen molar-refractivity contribution in [2.75, 3.05) is 0 Å². The van der Waals surface area contributed by atoms with Gasteiger partial charge in [0.15, 0.2) is 0 Å². The fraction of sp³-hybridized carbons (Fsp3) is 0.0667. The van der Waals surface area contributed by atoms with Gasteiger partial charge in [-0.3, -0.25) is 0 Å². The lowest BCUT2D eigenvalue weighted by Gasteiger charge is -2.10. The van der Waals surface area contributed by atoms with Crippen LogP contribution in [-0.4, -0.2) is 9.97 Å². The summed E-state index contributed by atoms with van der Waals surface area (Å²) in [4.78, 5) is 8.57. The number of nitrogens with zero attached hydrogens (tertiary/aromatic N) is 2. The third-order valence-corrected chi connectivity index (χ3v) is 2.92. The Morgan fingerprint density at radius 1 is 1.05 bits per heavy atom. The quantitative estimate of drug-likeness (QED) is 0.794. The maximum Gasteiger partial charge on any atom is 0.238 e. The summed E-state index contributed by atoms with van der Waals surface area (Å²) in [5.41, 5.74) is 7.36. The van der Waals surface area contributed by atoms with Gasteiger partial charge in [0.25, 0.3) is 0 Å². The van der Waals surface area contributed by atoms with Crippen LogP contribution in [0.5, 0.6) is 11.6 Å². The average Bonchev–Trinajstić information content (AvgIpc) is 2.47. The molecule has 0 radical (unpaired) electrons. The van der Waals surface area contributed by atoms with Crippen molar-refractivity contribution in [3.63, 3.8) is 0 Å². The Kier molecular flexibility index (Phi) is 3.26. The van der Waals surface area contributed by atoms with Crippen LogP contribution >= 0.6 is 0 Å². The minimum atomic E-state index is -0.390. The van der Waals surface area contributed by atoms with Crippen molar-refractivity contribution < 1.29 is 9.13 Å². The van der Waals surface area contributed by atoms with E-state index in [9.17, 15) is 4.39 Å². The lowest BCUT2D eigenvalue weighted by Crippen LogP contribution is -2.03. The summed E-state index contributed by atoms with van der Waals surface area (Å²) in [6.07, 6.45) is 1.51. The van der Waals surface area contributed by atoms with Crippen LogP contribution in [0.25, 0.3) is 11.0 Å². The van der Waals surface area contributed by atoms with Crippen molar-refractivity contribution >= 4 is 11.0 Å². The molecule has 4 nitrogen and oxygen atoms in total. The van der Waals surface area contributed by atoms with E-state index >= 15 is 0 Å². The molecule has 0 spiro atoms. The Hall–Kier alpha value is -2.53. The van der Waals surface area contributed by atoms with Gasteiger partial charge in [-0.15, -0.1) is 0 Å². The summed E-state index contributed by atoms with van der Waals surface area (Å²) in [6.45, 7) is 0.0585. The highest BCUT2D eigenvalue weighted by Gasteiger charge is 2.10. The van der Waals surface area contributed by atoms with Gasteiger partial charge in [0.05, 0.1) is 17.2 Å². The Balaban J connectivity index is 1.99. The molecular formula is C15H12FN3O. The largest absolute Gasteiger partial charge is 0.437 e. The molecule has 0 saturated heterocycles. The molecule has 2 aromatic carbocycles. The van der Waals surface area contributed by atoms with Gasteiger partial charge in [0.1, 0.15) is 11.6 Å². The van der Waals surface area contributed by atoms with Gasteiger partial charge in [-0.2, -0.15) is 0 Å². The molecule has 0 aliphatic rings. The second kappa shape index (κ2) is 5.22. The van der Waals surface area contributed by atoms with Gasteiger partial charge in [-0.25, -0.2) is 14.4 Å². The highest BCUT2D eigenvalue weighted by molar-refractivity contribution is 5.74. The zero-order valence-electron chi connectivity index (χ0n) is 10.6. The van der Waals surface area contributed by atoms with Crippen LogP contribution in [0.1, 0.15) is 5.56 Å². The summed E-state index contributed by atoms with van der Waals surface area (Å²) in [6, 6.07) is 12.0. The maximum atomic E-state index is 13.6. The number of halogens is 1. The molecule has 0 atom stereocenters. The normalized spacial score (nSPS) is 10.7. The van der Waals surface area contributed by atoms with Crippen molar-refractivity contribution in [2.24, 2.45) is 5.73 Å².